The van der Waals surface area contributed by atoms with Gasteiger partial charge in [0.25, 0.3) is 0 Å². The first-order chi connectivity index (χ1) is 18.4. The lowest BCUT2D eigenvalue weighted by Gasteiger charge is -2.12. The number of H-pyrrole nitrogens is 2. The van der Waals surface area contributed by atoms with Crippen molar-refractivity contribution in [2.24, 2.45) is 9.98 Å². The second kappa shape index (κ2) is 10.8. The molecule has 5 rings (SSSR count). The Morgan fingerprint density at radius 3 is 2.74 bits per heavy atom. The Morgan fingerprint density at radius 2 is 1.92 bits per heavy atom. The van der Waals surface area contributed by atoms with Gasteiger partial charge in [-0.1, -0.05) is 6.07 Å². The Hall–Kier alpha value is -4.63. The SMILES string of the molecule is C=NC=N/C=C(\C)c1ccc2[nH]nc(-c3cc4c(-c5cc(F)cc(NCCN(C)C)c5)nccc4[nH]3)c2c1. The Bertz CT molecular complexity index is 1680. The zero-order valence-electron chi connectivity index (χ0n) is 21.6. The first kappa shape index (κ1) is 25.0. The molecule has 0 fully saturated rings. The molecule has 8 nitrogen and oxygen atoms in total. The van der Waals surface area contributed by atoms with Crippen LogP contribution in [0.2, 0.25) is 0 Å². The first-order valence-corrected chi connectivity index (χ1v) is 12.2. The molecule has 0 aliphatic heterocycles. The van der Waals surface area contributed by atoms with Gasteiger partial charge in [-0.25, -0.2) is 9.38 Å². The molecule has 2 aromatic carbocycles. The van der Waals surface area contributed by atoms with E-state index < -0.39 is 0 Å². The maximum Gasteiger partial charge on any atom is 0.125 e. The van der Waals surface area contributed by atoms with Crippen LogP contribution in [0.3, 0.4) is 0 Å². The van der Waals surface area contributed by atoms with E-state index in [0.717, 1.165) is 56.6 Å². The van der Waals surface area contributed by atoms with Crippen molar-refractivity contribution in [1.29, 1.82) is 0 Å². The van der Waals surface area contributed by atoms with E-state index in [9.17, 15) is 4.39 Å². The summed E-state index contributed by atoms with van der Waals surface area (Å²) in [5.41, 5.74) is 7.59. The number of halogens is 1. The number of aromatic nitrogens is 4. The van der Waals surface area contributed by atoms with Crippen LogP contribution in [-0.2, 0) is 0 Å². The van der Waals surface area contributed by atoms with E-state index in [1.807, 2.05) is 51.4 Å². The predicted molar refractivity (Wildman–Crippen MR) is 155 cm³/mol. The molecule has 0 amide bonds. The van der Waals surface area contributed by atoms with Gasteiger partial charge in [0.05, 0.1) is 16.9 Å². The van der Waals surface area contributed by atoms with Crippen molar-refractivity contribution in [2.75, 3.05) is 32.5 Å². The first-order valence-electron chi connectivity index (χ1n) is 12.2. The fraction of sp³-hybridized carbons (Fsp3) is 0.172. The van der Waals surface area contributed by atoms with Crippen LogP contribution in [0.25, 0.3) is 50.0 Å². The highest BCUT2D eigenvalue weighted by Gasteiger charge is 2.16. The lowest BCUT2D eigenvalue weighted by Crippen LogP contribution is -2.20. The quantitative estimate of drug-likeness (QED) is 0.169. The number of aromatic amines is 2. The van der Waals surface area contributed by atoms with Crippen LogP contribution in [0.15, 0.2) is 70.9 Å². The number of likely N-dealkylation sites (N-methyl/N-ethyl adjacent to an activating group) is 1. The molecule has 0 bridgehead atoms. The normalized spacial score (nSPS) is 12.3. The number of fused-ring (bicyclic) bond motifs is 2. The summed E-state index contributed by atoms with van der Waals surface area (Å²) in [6.45, 7) is 6.95. The molecule has 3 heterocycles. The lowest BCUT2D eigenvalue weighted by atomic mass is 10.0. The summed E-state index contributed by atoms with van der Waals surface area (Å²) in [7, 11) is 4.01. The second-order valence-corrected chi connectivity index (χ2v) is 9.35. The summed E-state index contributed by atoms with van der Waals surface area (Å²) in [4.78, 5) is 17.9. The van der Waals surface area contributed by atoms with Gasteiger partial charge in [-0.3, -0.25) is 15.1 Å². The summed E-state index contributed by atoms with van der Waals surface area (Å²) < 4.78 is 14.6. The average Bonchev–Trinajstić information content (AvgIpc) is 3.51. The number of hydrogen-bond acceptors (Lipinski definition) is 5. The van der Waals surface area contributed by atoms with E-state index in [2.05, 4.69) is 53.2 Å². The van der Waals surface area contributed by atoms with E-state index in [0.29, 0.717) is 17.8 Å². The number of allylic oxidation sites excluding steroid dienone is 1. The molecule has 38 heavy (non-hydrogen) atoms. The second-order valence-electron chi connectivity index (χ2n) is 9.35. The molecule has 5 aromatic rings. The molecule has 0 spiro atoms. The highest BCUT2D eigenvalue weighted by Crippen LogP contribution is 2.34. The summed E-state index contributed by atoms with van der Waals surface area (Å²) in [5.74, 6) is -0.313. The largest absolute Gasteiger partial charge is 0.384 e. The molecular weight excluding hydrogens is 479 g/mol. The van der Waals surface area contributed by atoms with E-state index in [1.54, 1.807) is 12.4 Å². The highest BCUT2D eigenvalue weighted by atomic mass is 19.1. The Labute approximate surface area is 220 Å². The van der Waals surface area contributed by atoms with Crippen LogP contribution < -0.4 is 5.32 Å². The van der Waals surface area contributed by atoms with E-state index in [4.69, 9.17) is 0 Å². The Balaban J connectivity index is 1.54. The van der Waals surface area contributed by atoms with Gasteiger partial charge in [0.15, 0.2) is 0 Å². The van der Waals surface area contributed by atoms with Gasteiger partial charge < -0.3 is 15.2 Å². The zero-order valence-corrected chi connectivity index (χ0v) is 21.6. The average molecular weight is 509 g/mol. The van der Waals surface area contributed by atoms with Gasteiger partial charge in [0.2, 0.25) is 0 Å². The Morgan fingerprint density at radius 1 is 1.08 bits per heavy atom. The summed E-state index contributed by atoms with van der Waals surface area (Å²) in [5, 5.41) is 12.9. The van der Waals surface area contributed by atoms with Gasteiger partial charge in [-0.15, -0.1) is 0 Å². The summed E-state index contributed by atoms with van der Waals surface area (Å²) >= 11 is 0. The third kappa shape index (κ3) is 5.23. The van der Waals surface area contributed by atoms with E-state index in [-0.39, 0.29) is 5.82 Å². The molecule has 0 saturated heterocycles. The maximum absolute atomic E-state index is 14.6. The van der Waals surface area contributed by atoms with Gasteiger partial charge in [-0.05, 0) is 81.3 Å². The maximum atomic E-state index is 14.6. The number of nitrogens with zero attached hydrogens (tertiary/aromatic N) is 5. The molecule has 192 valence electrons. The number of benzene rings is 2. The van der Waals surface area contributed by atoms with Crippen molar-refractivity contribution in [2.45, 2.75) is 6.92 Å². The van der Waals surface area contributed by atoms with Crippen LogP contribution in [0.1, 0.15) is 12.5 Å². The molecule has 3 aromatic heterocycles. The molecule has 3 N–H and O–H groups in total. The molecule has 0 saturated carbocycles. The Kier molecular flexibility index (Phi) is 7.10. The van der Waals surface area contributed by atoms with Crippen LogP contribution >= 0.6 is 0 Å². The minimum Gasteiger partial charge on any atom is -0.384 e. The van der Waals surface area contributed by atoms with Gasteiger partial charge in [-0.2, -0.15) is 5.10 Å². The van der Waals surface area contributed by atoms with Crippen LogP contribution in [0, 0.1) is 5.82 Å². The number of hydrogen-bond donors (Lipinski definition) is 3. The van der Waals surface area contributed by atoms with Crippen LogP contribution in [-0.4, -0.2) is 65.3 Å². The minimum atomic E-state index is -0.313. The number of aliphatic imine (C=N–C) groups is 2. The highest BCUT2D eigenvalue weighted by molar-refractivity contribution is 6.00. The summed E-state index contributed by atoms with van der Waals surface area (Å²) in [6, 6.07) is 15.0. The summed E-state index contributed by atoms with van der Waals surface area (Å²) in [6.07, 6.45) is 4.89. The fourth-order valence-corrected chi connectivity index (χ4v) is 4.40. The fourth-order valence-electron chi connectivity index (χ4n) is 4.40. The van der Waals surface area contributed by atoms with E-state index in [1.165, 1.54) is 18.5 Å². The molecule has 0 radical (unpaired) electrons. The standard InChI is InChI=1S/C29H29FN8/c1-18(16-32-17-31-2)19-5-6-26-23(13-19)29(37-36-26)27-15-24-25(35-27)7-8-34-28(24)20-11-21(30)14-22(12-20)33-9-10-38(3)4/h5-8,11-17,33,35H,2,9-10H2,1,3-4H3,(H,36,37)/b18-16+,32-17?. The number of nitrogens with one attached hydrogen (secondary N) is 3. The molecule has 0 unspecified atom stereocenters. The number of pyridine rings is 1. The van der Waals surface area contributed by atoms with Crippen molar-refractivity contribution in [3.8, 4) is 22.6 Å². The monoisotopic (exact) mass is 508 g/mol. The molecule has 0 atom stereocenters. The van der Waals surface area contributed by atoms with Crippen molar-refractivity contribution in [3.05, 3.63) is 72.3 Å². The topological polar surface area (TPSA) is 97.3 Å². The van der Waals surface area contributed by atoms with Gasteiger partial charge >= 0.3 is 0 Å². The van der Waals surface area contributed by atoms with Gasteiger partial charge in [0, 0.05) is 53.0 Å². The number of rotatable bonds is 9. The van der Waals surface area contributed by atoms with Crippen LogP contribution in [0.4, 0.5) is 10.1 Å². The smallest absolute Gasteiger partial charge is 0.125 e. The predicted octanol–water partition coefficient (Wildman–Crippen LogP) is 5.98. The molecule has 9 heteroatoms. The lowest BCUT2D eigenvalue weighted by molar-refractivity contribution is 0.425. The van der Waals surface area contributed by atoms with Crippen LogP contribution in [0.5, 0.6) is 0 Å². The van der Waals surface area contributed by atoms with Crippen molar-refractivity contribution in [1.82, 2.24) is 25.1 Å². The van der Waals surface area contributed by atoms with E-state index >= 15 is 0 Å². The number of anilines is 1. The minimum absolute atomic E-state index is 0.313. The van der Waals surface area contributed by atoms with Crippen molar-refractivity contribution < 1.29 is 4.39 Å². The molecule has 0 aliphatic rings. The van der Waals surface area contributed by atoms with Gasteiger partial charge in [0.1, 0.15) is 17.8 Å². The van der Waals surface area contributed by atoms with Crippen molar-refractivity contribution >= 4 is 46.1 Å². The van der Waals surface area contributed by atoms with Crippen molar-refractivity contribution in [3.63, 3.8) is 0 Å². The zero-order chi connectivity index (χ0) is 26.6. The third-order valence-electron chi connectivity index (χ3n) is 6.30. The molecular formula is C29H29FN8. The molecule has 0 aliphatic carbocycles. The third-order valence-corrected chi connectivity index (χ3v) is 6.30.